The van der Waals surface area contributed by atoms with E-state index in [-0.39, 0.29) is 5.91 Å². The number of benzene rings is 1. The van der Waals surface area contributed by atoms with Crippen LogP contribution in [0.1, 0.15) is 20.8 Å². The highest BCUT2D eigenvalue weighted by Gasteiger charge is 2.29. The average Bonchev–Trinajstić information content (AvgIpc) is 3.10. The van der Waals surface area contributed by atoms with Crippen molar-refractivity contribution >= 4 is 27.9 Å². The summed E-state index contributed by atoms with van der Waals surface area (Å²) in [7, 11) is 1.93. The van der Waals surface area contributed by atoms with Gasteiger partial charge in [0.05, 0.1) is 16.8 Å². The van der Waals surface area contributed by atoms with Crippen LogP contribution in [-0.2, 0) is 19.9 Å². The molecule has 0 saturated carbocycles. The maximum Gasteiger partial charge on any atom is 0.259 e. The smallest absolute Gasteiger partial charge is 0.259 e. The van der Waals surface area contributed by atoms with Crippen LogP contribution >= 0.6 is 11.3 Å². The molecule has 116 valence electrons. The molecule has 6 heteroatoms. The quantitative estimate of drug-likeness (QED) is 0.777. The van der Waals surface area contributed by atoms with Gasteiger partial charge in [-0.05, 0) is 36.1 Å². The topological polar surface area (TPSA) is 72.9 Å². The van der Waals surface area contributed by atoms with Crippen LogP contribution in [0.3, 0.4) is 0 Å². The van der Waals surface area contributed by atoms with E-state index in [2.05, 4.69) is 10.4 Å². The average molecular weight is 324 g/mol. The van der Waals surface area contributed by atoms with E-state index in [9.17, 15) is 4.79 Å². The third-order valence-corrected chi connectivity index (χ3v) is 5.32. The van der Waals surface area contributed by atoms with Crippen molar-refractivity contribution in [3.63, 3.8) is 0 Å². The van der Waals surface area contributed by atoms with Crippen LogP contribution in [0.5, 0.6) is 0 Å². The number of nitrogens with two attached hydrogens (primary N) is 1. The third kappa shape index (κ3) is 2.22. The van der Waals surface area contributed by atoms with E-state index < -0.39 is 0 Å². The highest BCUT2D eigenvalue weighted by Crippen LogP contribution is 2.46. The monoisotopic (exact) mass is 324 g/mol. The summed E-state index contributed by atoms with van der Waals surface area (Å²) >= 11 is 1.43. The molecular weight excluding hydrogens is 308 g/mol. The number of carbonyl (C=O) groups excluding carboxylic acids is 1. The molecule has 4 rings (SSSR count). The van der Waals surface area contributed by atoms with Crippen molar-refractivity contribution in [3.05, 3.63) is 52.5 Å². The van der Waals surface area contributed by atoms with Gasteiger partial charge in [-0.2, -0.15) is 5.10 Å². The van der Waals surface area contributed by atoms with Gasteiger partial charge < -0.3 is 11.1 Å². The molecule has 2 heterocycles. The Morgan fingerprint density at radius 2 is 2.09 bits per heavy atom. The fourth-order valence-electron chi connectivity index (χ4n) is 3.14. The van der Waals surface area contributed by atoms with Crippen LogP contribution in [0.25, 0.3) is 11.3 Å². The second-order valence-electron chi connectivity index (χ2n) is 5.61. The summed E-state index contributed by atoms with van der Waals surface area (Å²) in [6, 6.07) is 9.94. The number of aromatic nitrogens is 2. The number of amides is 1. The molecule has 23 heavy (non-hydrogen) atoms. The van der Waals surface area contributed by atoms with Gasteiger partial charge in [0.25, 0.3) is 5.91 Å². The van der Waals surface area contributed by atoms with E-state index in [1.165, 1.54) is 16.9 Å². The predicted molar refractivity (Wildman–Crippen MR) is 92.2 cm³/mol. The third-order valence-electron chi connectivity index (χ3n) is 4.16. The number of hydrogen-bond acceptors (Lipinski definition) is 4. The Bertz CT molecular complexity index is 895. The first-order chi connectivity index (χ1) is 11.1. The van der Waals surface area contributed by atoms with Gasteiger partial charge in [0.15, 0.2) is 0 Å². The number of rotatable bonds is 3. The molecule has 0 saturated heterocycles. The first-order valence-corrected chi connectivity index (χ1v) is 8.25. The summed E-state index contributed by atoms with van der Waals surface area (Å²) in [5.74, 6) is -0.363. The summed E-state index contributed by atoms with van der Waals surface area (Å²) in [6.07, 6.45) is 3.61. The van der Waals surface area contributed by atoms with Crippen molar-refractivity contribution in [2.45, 2.75) is 12.8 Å². The molecule has 1 aliphatic carbocycles. The summed E-state index contributed by atoms with van der Waals surface area (Å²) in [5, 5.41) is 8.76. The molecule has 0 unspecified atom stereocenters. The molecule has 0 radical (unpaired) electrons. The first-order valence-electron chi connectivity index (χ1n) is 7.44. The molecule has 1 aliphatic rings. The Labute approximate surface area is 137 Å². The Hall–Kier alpha value is -2.60. The predicted octanol–water partition coefficient (Wildman–Crippen LogP) is 3.09. The molecular formula is C17H16N4OS. The Kier molecular flexibility index (Phi) is 3.20. The lowest BCUT2D eigenvalue weighted by Gasteiger charge is -2.16. The van der Waals surface area contributed by atoms with Crippen molar-refractivity contribution in [3.8, 4) is 11.3 Å². The minimum Gasteiger partial charge on any atom is -0.365 e. The second-order valence-corrected chi connectivity index (χ2v) is 6.63. The summed E-state index contributed by atoms with van der Waals surface area (Å²) in [4.78, 5) is 12.5. The lowest BCUT2D eigenvalue weighted by atomic mass is 9.91. The van der Waals surface area contributed by atoms with E-state index in [0.717, 1.165) is 40.4 Å². The number of nitrogens with one attached hydrogen (secondary N) is 1. The van der Waals surface area contributed by atoms with E-state index in [1.807, 2.05) is 48.3 Å². The van der Waals surface area contributed by atoms with E-state index in [4.69, 9.17) is 5.73 Å². The number of aryl methyl sites for hydroxylation is 2. The molecule has 3 N–H and O–H groups in total. The van der Waals surface area contributed by atoms with Gasteiger partial charge in [-0.1, -0.05) is 18.2 Å². The van der Waals surface area contributed by atoms with Crippen molar-refractivity contribution < 1.29 is 4.79 Å². The molecule has 2 aromatic heterocycles. The van der Waals surface area contributed by atoms with E-state index >= 15 is 0 Å². The van der Waals surface area contributed by atoms with Crippen LogP contribution in [0.15, 0.2) is 36.5 Å². The highest BCUT2D eigenvalue weighted by molar-refractivity contribution is 7.19. The van der Waals surface area contributed by atoms with Gasteiger partial charge in [-0.25, -0.2) is 0 Å². The number of primary amides is 1. The standard InChI is InChI=1S/C17H16N4OS/c1-21-14-10(9-19-21)7-8-12-13(14)17(23-15(12)16(18)22)20-11-5-3-2-4-6-11/h2-6,9,20H,7-8H2,1H3,(H2,18,22). The summed E-state index contributed by atoms with van der Waals surface area (Å²) < 4.78 is 1.88. The first kappa shape index (κ1) is 14.0. The normalized spacial score (nSPS) is 12.6. The lowest BCUT2D eigenvalue weighted by Crippen LogP contribution is -2.13. The van der Waals surface area contributed by atoms with E-state index in [0.29, 0.717) is 4.88 Å². The molecule has 0 fully saturated rings. The Morgan fingerprint density at radius 3 is 2.83 bits per heavy atom. The number of para-hydroxylation sites is 1. The molecule has 0 aliphatic heterocycles. The van der Waals surface area contributed by atoms with Crippen molar-refractivity contribution in [1.29, 1.82) is 0 Å². The number of thiophene rings is 1. The maximum atomic E-state index is 11.9. The van der Waals surface area contributed by atoms with Gasteiger partial charge in [0, 0.05) is 18.3 Å². The Morgan fingerprint density at radius 1 is 1.30 bits per heavy atom. The molecule has 3 aromatic rings. The molecule has 0 spiro atoms. The summed E-state index contributed by atoms with van der Waals surface area (Å²) in [6.45, 7) is 0. The number of carbonyl (C=O) groups is 1. The van der Waals surface area contributed by atoms with Gasteiger partial charge in [0.2, 0.25) is 0 Å². The van der Waals surface area contributed by atoms with Crippen LogP contribution in [0.4, 0.5) is 10.7 Å². The van der Waals surface area contributed by atoms with Crippen LogP contribution in [0, 0.1) is 0 Å². The zero-order valence-corrected chi connectivity index (χ0v) is 13.5. The van der Waals surface area contributed by atoms with Gasteiger partial charge in [-0.15, -0.1) is 11.3 Å². The molecule has 1 aromatic carbocycles. The molecule has 0 atom stereocenters. The fraction of sp³-hybridized carbons (Fsp3) is 0.176. The van der Waals surface area contributed by atoms with E-state index in [1.54, 1.807) is 0 Å². The Balaban J connectivity index is 1.91. The summed E-state index contributed by atoms with van der Waals surface area (Å²) in [5.41, 5.74) is 11.0. The number of anilines is 2. The highest BCUT2D eigenvalue weighted by atomic mass is 32.1. The number of nitrogens with zero attached hydrogens (tertiary/aromatic N) is 2. The van der Waals surface area contributed by atoms with Gasteiger partial charge >= 0.3 is 0 Å². The van der Waals surface area contributed by atoms with Gasteiger partial charge in [-0.3, -0.25) is 9.48 Å². The number of fused-ring (bicyclic) bond motifs is 3. The van der Waals surface area contributed by atoms with Gasteiger partial charge in [0.1, 0.15) is 5.00 Å². The second kappa shape index (κ2) is 5.24. The molecule has 0 bridgehead atoms. The fourth-order valence-corrected chi connectivity index (χ4v) is 4.26. The van der Waals surface area contributed by atoms with Crippen LogP contribution < -0.4 is 11.1 Å². The SMILES string of the molecule is Cn1ncc2c1-c1c(Nc3ccccc3)sc(C(N)=O)c1CC2. The number of hydrogen-bond donors (Lipinski definition) is 2. The molecule has 1 amide bonds. The van der Waals surface area contributed by atoms with Crippen molar-refractivity contribution in [2.24, 2.45) is 12.8 Å². The zero-order valence-electron chi connectivity index (χ0n) is 12.7. The minimum atomic E-state index is -0.363. The minimum absolute atomic E-state index is 0.363. The largest absolute Gasteiger partial charge is 0.365 e. The lowest BCUT2D eigenvalue weighted by molar-refractivity contribution is 0.100. The van der Waals surface area contributed by atoms with Crippen molar-refractivity contribution in [2.75, 3.05) is 5.32 Å². The van der Waals surface area contributed by atoms with Crippen molar-refractivity contribution in [1.82, 2.24) is 9.78 Å². The molecule has 5 nitrogen and oxygen atoms in total. The maximum absolute atomic E-state index is 11.9. The van der Waals surface area contributed by atoms with Crippen LogP contribution in [0.2, 0.25) is 0 Å². The zero-order chi connectivity index (χ0) is 16.0. The van der Waals surface area contributed by atoms with Crippen LogP contribution in [-0.4, -0.2) is 15.7 Å².